The Hall–Kier alpha value is -4.32. The van der Waals surface area contributed by atoms with E-state index in [1.165, 1.54) is 16.4 Å². The zero-order valence-corrected chi connectivity index (χ0v) is 23.4. The van der Waals surface area contributed by atoms with Gasteiger partial charge in [0, 0.05) is 49.3 Å². The van der Waals surface area contributed by atoms with E-state index in [-0.39, 0.29) is 17.9 Å². The van der Waals surface area contributed by atoms with Crippen LogP contribution in [0.1, 0.15) is 67.1 Å². The number of hydrogen-bond acceptors (Lipinski definition) is 8. The summed E-state index contributed by atoms with van der Waals surface area (Å²) in [5.74, 6) is 1.65. The highest BCUT2D eigenvalue weighted by Gasteiger charge is 2.43. The van der Waals surface area contributed by atoms with Gasteiger partial charge in [-0.05, 0) is 63.1 Å². The number of anilines is 3. The van der Waals surface area contributed by atoms with Gasteiger partial charge in [-0.25, -0.2) is 19.0 Å². The summed E-state index contributed by atoms with van der Waals surface area (Å²) in [6.45, 7) is 4.76. The van der Waals surface area contributed by atoms with Crippen molar-refractivity contribution in [1.29, 1.82) is 0 Å². The van der Waals surface area contributed by atoms with Crippen molar-refractivity contribution < 1.29 is 13.9 Å². The monoisotopic (exact) mass is 559 g/mol. The van der Waals surface area contributed by atoms with Crippen LogP contribution in [0.15, 0.2) is 42.9 Å². The number of halogens is 1. The summed E-state index contributed by atoms with van der Waals surface area (Å²) in [5.41, 5.74) is 4.35. The quantitative estimate of drug-likeness (QED) is 0.249. The minimum Gasteiger partial charge on any atom is -0.384 e. The lowest BCUT2D eigenvalue weighted by Crippen LogP contribution is -2.50. The van der Waals surface area contributed by atoms with Crippen molar-refractivity contribution in [2.45, 2.75) is 63.5 Å². The third-order valence-electron chi connectivity index (χ3n) is 8.20. The van der Waals surface area contributed by atoms with E-state index < -0.39 is 11.4 Å². The Morgan fingerprint density at radius 2 is 2.05 bits per heavy atom. The predicted molar refractivity (Wildman–Crippen MR) is 152 cm³/mol. The van der Waals surface area contributed by atoms with Crippen LogP contribution in [0.5, 0.6) is 0 Å². The van der Waals surface area contributed by atoms with Crippen LogP contribution in [-0.2, 0) is 16.0 Å². The number of pyridine rings is 2. The number of ether oxygens (including phenoxy) is 1. The van der Waals surface area contributed by atoms with E-state index in [2.05, 4.69) is 36.2 Å². The van der Waals surface area contributed by atoms with Crippen LogP contribution in [-0.4, -0.2) is 55.1 Å². The van der Waals surface area contributed by atoms with Crippen LogP contribution in [0, 0.1) is 12.7 Å². The summed E-state index contributed by atoms with van der Waals surface area (Å²) < 4.78 is 20.6. The highest BCUT2D eigenvalue weighted by atomic mass is 19.1. The lowest BCUT2D eigenvalue weighted by atomic mass is 9.75. The minimum absolute atomic E-state index is 0.131. The molecule has 0 saturated heterocycles. The van der Waals surface area contributed by atoms with Gasteiger partial charge >= 0.3 is 0 Å². The number of hydrogen-bond donors (Lipinski definition) is 4. The molecule has 214 valence electrons. The first kappa shape index (κ1) is 26.9. The average Bonchev–Trinajstić information content (AvgIpc) is 3.74. The third-order valence-corrected chi connectivity index (χ3v) is 8.20. The van der Waals surface area contributed by atoms with Crippen LogP contribution < -0.4 is 16.0 Å². The molecule has 1 saturated carbocycles. The van der Waals surface area contributed by atoms with Crippen LogP contribution in [0.4, 0.5) is 21.7 Å². The number of aromatic nitrogens is 6. The fourth-order valence-corrected chi connectivity index (χ4v) is 5.86. The molecule has 12 heteroatoms. The second-order valence-corrected chi connectivity index (χ2v) is 10.9. The number of carbonyl (C=O) groups excluding carboxylic acids is 1. The van der Waals surface area contributed by atoms with E-state index in [0.29, 0.717) is 18.7 Å². The molecule has 6 rings (SSSR count). The molecule has 1 aliphatic heterocycles. The van der Waals surface area contributed by atoms with E-state index in [1.54, 1.807) is 19.4 Å². The molecule has 0 radical (unpaired) electrons. The zero-order chi connectivity index (χ0) is 28.6. The molecule has 0 bridgehead atoms. The summed E-state index contributed by atoms with van der Waals surface area (Å²) in [7, 11) is 1.61. The lowest BCUT2D eigenvalue weighted by Gasteiger charge is -2.38. The number of rotatable bonds is 8. The summed E-state index contributed by atoms with van der Waals surface area (Å²) in [4.78, 5) is 23.0. The second kappa shape index (κ2) is 10.9. The third kappa shape index (κ3) is 5.39. The fourth-order valence-electron chi connectivity index (χ4n) is 5.86. The van der Waals surface area contributed by atoms with Gasteiger partial charge in [0.05, 0.1) is 24.1 Å². The normalized spacial score (nSPS) is 20.7. The first-order valence-electron chi connectivity index (χ1n) is 13.9. The average molecular weight is 560 g/mol. The molecule has 1 fully saturated rings. The van der Waals surface area contributed by atoms with Crippen LogP contribution in [0.2, 0.25) is 0 Å². The highest BCUT2D eigenvalue weighted by Crippen LogP contribution is 2.43. The van der Waals surface area contributed by atoms with Crippen molar-refractivity contribution in [2.75, 3.05) is 24.3 Å². The number of fused-ring (bicyclic) bond motifs is 1. The van der Waals surface area contributed by atoms with E-state index >= 15 is 0 Å². The van der Waals surface area contributed by atoms with Crippen LogP contribution in [0.25, 0.3) is 5.82 Å². The Balaban J connectivity index is 1.13. The molecule has 1 amide bonds. The number of nitrogens with one attached hydrogen (secondary N) is 4. The molecule has 41 heavy (non-hydrogen) atoms. The molecule has 4 N–H and O–H groups in total. The Kier molecular flexibility index (Phi) is 7.16. The molecule has 5 heterocycles. The van der Waals surface area contributed by atoms with Gasteiger partial charge in [-0.15, -0.1) is 0 Å². The number of H-pyrrole nitrogens is 1. The molecule has 11 nitrogen and oxygen atoms in total. The van der Waals surface area contributed by atoms with Crippen molar-refractivity contribution in [3.8, 4) is 5.82 Å². The van der Waals surface area contributed by atoms with Gasteiger partial charge in [-0.3, -0.25) is 9.89 Å². The van der Waals surface area contributed by atoms with Crippen LogP contribution >= 0.6 is 0 Å². The Morgan fingerprint density at radius 1 is 1.22 bits per heavy atom. The number of nitrogens with zero attached hydrogens (tertiary/aromatic N) is 5. The molecule has 1 aliphatic carbocycles. The molecular weight excluding hydrogens is 525 g/mol. The molecule has 4 aromatic rings. The Bertz CT molecular complexity index is 1540. The van der Waals surface area contributed by atoms with Crippen molar-refractivity contribution in [3.05, 3.63) is 71.2 Å². The minimum atomic E-state index is -0.908. The van der Waals surface area contributed by atoms with Gasteiger partial charge < -0.3 is 20.7 Å². The Labute approximate surface area is 237 Å². The summed E-state index contributed by atoms with van der Waals surface area (Å²) in [6.07, 6.45) is 7.76. The topological polar surface area (TPSA) is 135 Å². The van der Waals surface area contributed by atoms with Gasteiger partial charge in [0.15, 0.2) is 17.5 Å². The van der Waals surface area contributed by atoms with Gasteiger partial charge in [0.1, 0.15) is 11.4 Å². The van der Waals surface area contributed by atoms with Crippen molar-refractivity contribution in [1.82, 2.24) is 35.3 Å². The summed E-state index contributed by atoms with van der Waals surface area (Å²) >= 11 is 0. The number of methoxy groups -OCH3 is 1. The predicted octanol–water partition coefficient (Wildman–Crippen LogP) is 4.46. The Morgan fingerprint density at radius 3 is 2.71 bits per heavy atom. The molecule has 0 spiro atoms. The summed E-state index contributed by atoms with van der Waals surface area (Å²) in [6, 6.07) is 7.31. The standard InChI is InChI=1S/C29H34FN9O2/c1-17-12-25(38-37-17)35-24-13-23-22(8-11-31-23)27(36-24)19-6-9-29(41-3,10-7-19)28(40)34-18(2)20-4-5-26(32-14-20)39-16-21(30)15-33-39/h4-5,12-16,18-19,31H,6-11H2,1-3H3,(H,34,40)(H2,35,36,37,38)/t18-,19?,29?/m0/s1. The molecule has 4 aromatic heterocycles. The first-order valence-corrected chi connectivity index (χ1v) is 13.9. The maximum atomic E-state index is 13.6. The van der Waals surface area contributed by atoms with E-state index in [9.17, 15) is 9.18 Å². The molecular formula is C29H34FN9O2. The molecule has 0 aromatic carbocycles. The van der Waals surface area contributed by atoms with Crippen molar-refractivity contribution in [2.24, 2.45) is 0 Å². The van der Waals surface area contributed by atoms with Gasteiger partial charge in [0.25, 0.3) is 5.91 Å². The highest BCUT2D eigenvalue weighted by molar-refractivity contribution is 5.85. The van der Waals surface area contributed by atoms with Crippen molar-refractivity contribution in [3.63, 3.8) is 0 Å². The van der Waals surface area contributed by atoms with Gasteiger partial charge in [-0.2, -0.15) is 10.2 Å². The van der Waals surface area contributed by atoms with Crippen LogP contribution in [0.3, 0.4) is 0 Å². The summed E-state index contributed by atoms with van der Waals surface area (Å²) in [5, 5.41) is 21.1. The SMILES string of the molecule is COC1(C(=O)N[C@@H](C)c2ccc(-n3cc(F)cn3)nc2)CCC(c2nc(Nc3cc(C)[nH]n3)cc3c2CCN3)CC1. The largest absolute Gasteiger partial charge is 0.384 e. The fraction of sp³-hybridized carbons (Fsp3) is 0.414. The smallest absolute Gasteiger partial charge is 0.252 e. The first-order chi connectivity index (χ1) is 19.8. The molecule has 1 atom stereocenters. The lowest BCUT2D eigenvalue weighted by molar-refractivity contribution is -0.148. The molecule has 2 aliphatic rings. The number of aryl methyl sites for hydroxylation is 1. The molecule has 0 unspecified atom stereocenters. The maximum absolute atomic E-state index is 13.6. The number of carbonyl (C=O) groups is 1. The second-order valence-electron chi connectivity index (χ2n) is 10.9. The number of amides is 1. The number of aromatic amines is 1. The van der Waals surface area contributed by atoms with Crippen molar-refractivity contribution >= 4 is 23.2 Å². The van der Waals surface area contributed by atoms with E-state index in [4.69, 9.17) is 9.72 Å². The maximum Gasteiger partial charge on any atom is 0.252 e. The van der Waals surface area contributed by atoms with Gasteiger partial charge in [-0.1, -0.05) is 6.07 Å². The van der Waals surface area contributed by atoms with E-state index in [1.807, 2.05) is 32.0 Å². The zero-order valence-electron chi connectivity index (χ0n) is 23.4. The van der Waals surface area contributed by atoms with Gasteiger partial charge in [0.2, 0.25) is 0 Å². The van der Waals surface area contributed by atoms with E-state index in [0.717, 1.165) is 66.3 Å².